The van der Waals surface area contributed by atoms with Gasteiger partial charge in [0.15, 0.2) is 0 Å². The quantitative estimate of drug-likeness (QED) is 0.698. The highest BCUT2D eigenvalue weighted by molar-refractivity contribution is 5.83. The van der Waals surface area contributed by atoms with Crippen molar-refractivity contribution in [3.63, 3.8) is 0 Å². The molecule has 0 saturated carbocycles. The molecule has 0 aromatic rings. The zero-order valence-electron chi connectivity index (χ0n) is 8.68. The van der Waals surface area contributed by atoms with E-state index in [1.807, 2.05) is 6.92 Å². The Labute approximate surface area is 88.0 Å². The van der Waals surface area contributed by atoms with Crippen molar-refractivity contribution >= 4 is 11.9 Å². The van der Waals surface area contributed by atoms with Crippen molar-refractivity contribution in [2.75, 3.05) is 19.7 Å². The summed E-state index contributed by atoms with van der Waals surface area (Å²) in [6, 6.07) is 0. The fraction of sp³-hybridized carbons (Fsp3) is 0.800. The van der Waals surface area contributed by atoms with Crippen LogP contribution in [0.25, 0.3) is 0 Å². The van der Waals surface area contributed by atoms with E-state index in [0.717, 1.165) is 6.42 Å². The summed E-state index contributed by atoms with van der Waals surface area (Å²) >= 11 is 0. The molecule has 0 bridgehead atoms. The van der Waals surface area contributed by atoms with Gasteiger partial charge in [0.05, 0.1) is 24.5 Å². The van der Waals surface area contributed by atoms with Crippen LogP contribution < -0.4 is 0 Å². The molecular formula is C10H15NO4. The number of carbonyl (C=O) groups is 2. The second kappa shape index (κ2) is 3.81. The SMILES string of the molecule is CC1CC(C(=O)N2CC(C(=O)O)C2)CO1. The highest BCUT2D eigenvalue weighted by Crippen LogP contribution is 2.25. The van der Waals surface area contributed by atoms with Gasteiger partial charge in [-0.15, -0.1) is 0 Å². The van der Waals surface area contributed by atoms with Crippen LogP contribution in [-0.2, 0) is 14.3 Å². The van der Waals surface area contributed by atoms with E-state index in [0.29, 0.717) is 19.7 Å². The number of amides is 1. The lowest BCUT2D eigenvalue weighted by Crippen LogP contribution is -2.54. The molecule has 15 heavy (non-hydrogen) atoms. The molecule has 2 rings (SSSR count). The van der Waals surface area contributed by atoms with E-state index in [4.69, 9.17) is 9.84 Å². The fourth-order valence-corrected chi connectivity index (χ4v) is 2.06. The number of ether oxygens (including phenoxy) is 1. The lowest BCUT2D eigenvalue weighted by Gasteiger charge is -2.38. The predicted octanol–water partition coefficient (Wildman–Crippen LogP) is -0.0456. The summed E-state index contributed by atoms with van der Waals surface area (Å²) in [6.45, 7) is 3.15. The van der Waals surface area contributed by atoms with Crippen LogP contribution in [0.5, 0.6) is 0 Å². The van der Waals surface area contributed by atoms with Crippen LogP contribution in [0.15, 0.2) is 0 Å². The Balaban J connectivity index is 1.81. The van der Waals surface area contributed by atoms with Gasteiger partial charge in [-0.05, 0) is 13.3 Å². The number of aliphatic carboxylic acids is 1. The van der Waals surface area contributed by atoms with Crippen molar-refractivity contribution < 1.29 is 19.4 Å². The summed E-state index contributed by atoms with van der Waals surface area (Å²) in [6.07, 6.45) is 0.906. The maximum absolute atomic E-state index is 11.8. The third-order valence-electron chi connectivity index (χ3n) is 3.09. The van der Waals surface area contributed by atoms with Crippen LogP contribution in [0.1, 0.15) is 13.3 Å². The van der Waals surface area contributed by atoms with Crippen LogP contribution in [0.4, 0.5) is 0 Å². The Morgan fingerprint density at radius 3 is 2.47 bits per heavy atom. The molecule has 5 heteroatoms. The highest BCUT2D eigenvalue weighted by Gasteiger charge is 2.40. The van der Waals surface area contributed by atoms with E-state index in [9.17, 15) is 9.59 Å². The Bertz CT molecular complexity index is 285. The standard InChI is InChI=1S/C10H15NO4/c1-6-2-7(5-15-6)9(12)11-3-8(4-11)10(13)14/h6-8H,2-5H2,1H3,(H,13,14). The molecule has 0 aromatic heterocycles. The molecule has 2 saturated heterocycles. The van der Waals surface area contributed by atoms with Gasteiger partial charge >= 0.3 is 5.97 Å². The third-order valence-corrected chi connectivity index (χ3v) is 3.09. The molecule has 2 fully saturated rings. The summed E-state index contributed by atoms with van der Waals surface area (Å²) in [5, 5.41) is 8.68. The number of nitrogens with zero attached hydrogens (tertiary/aromatic N) is 1. The first-order valence-electron chi connectivity index (χ1n) is 5.21. The number of likely N-dealkylation sites (tertiary alicyclic amines) is 1. The van der Waals surface area contributed by atoms with Crippen molar-refractivity contribution in [1.29, 1.82) is 0 Å². The van der Waals surface area contributed by atoms with Gasteiger partial charge < -0.3 is 14.7 Å². The van der Waals surface area contributed by atoms with Crippen molar-refractivity contribution in [2.24, 2.45) is 11.8 Å². The summed E-state index contributed by atoms with van der Waals surface area (Å²) in [5.74, 6) is -1.18. The molecule has 2 unspecified atom stereocenters. The van der Waals surface area contributed by atoms with Gasteiger partial charge in [-0.25, -0.2) is 0 Å². The Morgan fingerprint density at radius 1 is 1.33 bits per heavy atom. The molecule has 1 N–H and O–H groups in total. The zero-order chi connectivity index (χ0) is 11.0. The molecule has 5 nitrogen and oxygen atoms in total. The summed E-state index contributed by atoms with van der Waals surface area (Å²) < 4.78 is 5.32. The van der Waals surface area contributed by atoms with E-state index >= 15 is 0 Å². The second-order valence-electron chi connectivity index (χ2n) is 4.35. The van der Waals surface area contributed by atoms with Gasteiger partial charge in [-0.1, -0.05) is 0 Å². The minimum absolute atomic E-state index is 0.0526. The van der Waals surface area contributed by atoms with E-state index in [2.05, 4.69) is 0 Å². The van der Waals surface area contributed by atoms with Crippen LogP contribution in [0.3, 0.4) is 0 Å². The first-order chi connectivity index (χ1) is 7.08. The minimum Gasteiger partial charge on any atom is -0.481 e. The Hall–Kier alpha value is -1.10. The number of carboxylic acid groups (broad SMARTS) is 1. The average molecular weight is 213 g/mol. The lowest BCUT2D eigenvalue weighted by molar-refractivity contribution is -0.154. The van der Waals surface area contributed by atoms with E-state index in [1.54, 1.807) is 4.90 Å². The van der Waals surface area contributed by atoms with E-state index in [-0.39, 0.29) is 23.8 Å². The fourth-order valence-electron chi connectivity index (χ4n) is 2.06. The first-order valence-corrected chi connectivity index (χ1v) is 5.21. The number of rotatable bonds is 2. The summed E-state index contributed by atoms with van der Waals surface area (Å²) in [5.41, 5.74) is 0. The van der Waals surface area contributed by atoms with Crippen LogP contribution in [-0.4, -0.2) is 47.7 Å². The second-order valence-corrected chi connectivity index (χ2v) is 4.35. The maximum Gasteiger partial charge on any atom is 0.310 e. The summed E-state index contributed by atoms with van der Waals surface area (Å²) in [7, 11) is 0. The molecule has 2 heterocycles. The van der Waals surface area contributed by atoms with Gasteiger partial charge in [-0.2, -0.15) is 0 Å². The van der Waals surface area contributed by atoms with Crippen LogP contribution in [0, 0.1) is 11.8 Å². The van der Waals surface area contributed by atoms with Crippen molar-refractivity contribution in [3.05, 3.63) is 0 Å². The molecular weight excluding hydrogens is 198 g/mol. The third kappa shape index (κ3) is 1.97. The van der Waals surface area contributed by atoms with Crippen molar-refractivity contribution in [1.82, 2.24) is 4.90 Å². The minimum atomic E-state index is -0.810. The van der Waals surface area contributed by atoms with Crippen molar-refractivity contribution in [2.45, 2.75) is 19.4 Å². The molecule has 2 aliphatic rings. The maximum atomic E-state index is 11.8. The molecule has 0 spiro atoms. The van der Waals surface area contributed by atoms with Gasteiger partial charge in [0.1, 0.15) is 0 Å². The van der Waals surface area contributed by atoms with Gasteiger partial charge in [0, 0.05) is 13.1 Å². The number of hydrogen-bond donors (Lipinski definition) is 1. The molecule has 84 valence electrons. The topological polar surface area (TPSA) is 66.8 Å². The number of carboxylic acids is 1. The Morgan fingerprint density at radius 2 is 2.00 bits per heavy atom. The molecule has 2 atom stereocenters. The van der Waals surface area contributed by atoms with E-state index in [1.165, 1.54) is 0 Å². The van der Waals surface area contributed by atoms with Gasteiger partial charge in [0.2, 0.25) is 5.91 Å². The molecule has 1 amide bonds. The molecule has 0 radical (unpaired) electrons. The normalized spacial score (nSPS) is 31.4. The summed E-state index contributed by atoms with van der Waals surface area (Å²) in [4.78, 5) is 24.0. The van der Waals surface area contributed by atoms with Gasteiger partial charge in [0.25, 0.3) is 0 Å². The molecule has 0 aromatic carbocycles. The number of carbonyl (C=O) groups excluding carboxylic acids is 1. The predicted molar refractivity (Wildman–Crippen MR) is 51.2 cm³/mol. The highest BCUT2D eigenvalue weighted by atomic mass is 16.5. The van der Waals surface area contributed by atoms with Gasteiger partial charge in [-0.3, -0.25) is 9.59 Å². The first kappa shape index (κ1) is 10.4. The number of hydrogen-bond acceptors (Lipinski definition) is 3. The molecule has 2 aliphatic heterocycles. The lowest BCUT2D eigenvalue weighted by atomic mass is 9.96. The molecule has 0 aliphatic carbocycles. The van der Waals surface area contributed by atoms with Crippen LogP contribution >= 0.6 is 0 Å². The van der Waals surface area contributed by atoms with Crippen LogP contribution in [0.2, 0.25) is 0 Å². The average Bonchev–Trinajstić information content (AvgIpc) is 2.48. The largest absolute Gasteiger partial charge is 0.481 e. The Kier molecular flexibility index (Phi) is 2.65. The smallest absolute Gasteiger partial charge is 0.310 e. The zero-order valence-corrected chi connectivity index (χ0v) is 8.68. The van der Waals surface area contributed by atoms with Crippen molar-refractivity contribution in [3.8, 4) is 0 Å². The van der Waals surface area contributed by atoms with E-state index < -0.39 is 5.97 Å². The monoisotopic (exact) mass is 213 g/mol.